The van der Waals surface area contributed by atoms with E-state index in [4.69, 9.17) is 20.9 Å². The zero-order chi connectivity index (χ0) is 19.8. The largest absolute Gasteiger partial charge is 0.396 e. The maximum absolute atomic E-state index is 13.3. The minimum absolute atomic E-state index is 0.113. The van der Waals surface area contributed by atoms with Gasteiger partial charge in [0, 0.05) is 24.6 Å². The zero-order valence-electron chi connectivity index (χ0n) is 15.3. The van der Waals surface area contributed by atoms with Gasteiger partial charge in [-0.3, -0.25) is 9.20 Å². The molecular weight excluding hydrogens is 386 g/mol. The molecule has 28 heavy (non-hydrogen) atoms. The Morgan fingerprint density at radius 1 is 1.36 bits per heavy atom. The molecule has 4 aromatic rings. The molecule has 0 aliphatic heterocycles. The van der Waals surface area contributed by atoms with Crippen molar-refractivity contribution in [3.8, 4) is 11.6 Å². The van der Waals surface area contributed by atoms with Crippen LogP contribution in [0.3, 0.4) is 0 Å². The smallest absolute Gasteiger partial charge is 0.278 e. The van der Waals surface area contributed by atoms with Crippen LogP contribution >= 0.6 is 11.6 Å². The molecule has 0 radical (unpaired) electrons. The highest BCUT2D eigenvalue weighted by Crippen LogP contribution is 2.25. The Kier molecular flexibility index (Phi) is 4.88. The van der Waals surface area contributed by atoms with Crippen molar-refractivity contribution in [2.24, 2.45) is 0 Å². The van der Waals surface area contributed by atoms with Crippen LogP contribution in [0.5, 0.6) is 0 Å². The first-order valence-electron chi connectivity index (χ1n) is 8.68. The van der Waals surface area contributed by atoms with Crippen LogP contribution in [-0.2, 0) is 11.3 Å². The summed E-state index contributed by atoms with van der Waals surface area (Å²) < 4.78 is 13.7. The predicted octanol–water partition coefficient (Wildman–Crippen LogP) is 2.09. The maximum Gasteiger partial charge on any atom is 0.278 e. The summed E-state index contributed by atoms with van der Waals surface area (Å²) in [6, 6.07) is 5.31. The van der Waals surface area contributed by atoms with Crippen molar-refractivity contribution in [1.29, 1.82) is 0 Å². The number of nitrogens with zero attached hydrogens (tertiary/aromatic N) is 5. The topological polar surface area (TPSA) is 108 Å². The van der Waals surface area contributed by atoms with Gasteiger partial charge in [0.1, 0.15) is 11.8 Å². The number of hydrogen-bond acceptors (Lipinski definition) is 7. The minimum Gasteiger partial charge on any atom is -0.396 e. The molecule has 0 saturated carbocycles. The Morgan fingerprint density at radius 3 is 2.93 bits per heavy atom. The van der Waals surface area contributed by atoms with Crippen LogP contribution in [0.25, 0.3) is 28.1 Å². The molecule has 0 fully saturated rings. The summed E-state index contributed by atoms with van der Waals surface area (Å²) in [6.45, 7) is 2.37. The van der Waals surface area contributed by atoms with Crippen molar-refractivity contribution < 1.29 is 14.4 Å². The average Bonchev–Trinajstić information content (AvgIpc) is 3.34. The first-order valence-corrected chi connectivity index (χ1v) is 9.05. The summed E-state index contributed by atoms with van der Waals surface area (Å²) in [7, 11) is 1.57. The molecule has 0 aliphatic rings. The number of benzene rings is 1. The molecule has 3 heterocycles. The van der Waals surface area contributed by atoms with Crippen molar-refractivity contribution in [2.45, 2.75) is 19.4 Å². The summed E-state index contributed by atoms with van der Waals surface area (Å²) in [4.78, 5) is 21.9. The standard InChI is InChI=1S/C18H18ClN5O4/c1-10(8-25)16-21-17(28-22-16)14-15-18(26)23(5-6-27-2)13-7-11(19)3-4-12(13)24(15)9-20-14/h3-4,7,9-10,25H,5-6,8H2,1-2H3. The van der Waals surface area contributed by atoms with Gasteiger partial charge in [0.05, 0.1) is 24.2 Å². The fourth-order valence-corrected chi connectivity index (χ4v) is 3.23. The van der Waals surface area contributed by atoms with Gasteiger partial charge in [-0.15, -0.1) is 0 Å². The van der Waals surface area contributed by atoms with Gasteiger partial charge in [-0.25, -0.2) is 4.98 Å². The Balaban J connectivity index is 1.99. The number of methoxy groups -OCH3 is 1. The number of rotatable bonds is 6. The minimum atomic E-state index is -0.285. The van der Waals surface area contributed by atoms with Crippen LogP contribution in [0.2, 0.25) is 5.02 Å². The van der Waals surface area contributed by atoms with Crippen molar-refractivity contribution >= 4 is 28.2 Å². The normalized spacial score (nSPS) is 12.9. The van der Waals surface area contributed by atoms with E-state index in [0.29, 0.717) is 35.0 Å². The molecule has 0 spiro atoms. The second-order valence-electron chi connectivity index (χ2n) is 6.44. The van der Waals surface area contributed by atoms with E-state index in [2.05, 4.69) is 15.1 Å². The quantitative estimate of drug-likeness (QED) is 0.525. The molecule has 1 aromatic carbocycles. The molecule has 10 heteroatoms. The molecule has 0 bridgehead atoms. The Bertz CT molecular complexity index is 1210. The molecule has 1 atom stereocenters. The number of imidazole rings is 1. The zero-order valence-corrected chi connectivity index (χ0v) is 16.0. The van der Waals surface area contributed by atoms with Gasteiger partial charge in [-0.2, -0.15) is 4.98 Å². The number of ether oxygens (including phenoxy) is 1. The lowest BCUT2D eigenvalue weighted by atomic mass is 10.2. The van der Waals surface area contributed by atoms with E-state index >= 15 is 0 Å². The Labute approximate surface area is 164 Å². The molecular formula is C18H18ClN5O4. The molecule has 3 aromatic heterocycles. The first-order chi connectivity index (χ1) is 13.5. The summed E-state index contributed by atoms with van der Waals surface area (Å²) >= 11 is 6.15. The summed E-state index contributed by atoms with van der Waals surface area (Å²) in [5.74, 6) is 0.195. The number of aliphatic hydroxyl groups excluding tert-OH is 1. The fourth-order valence-electron chi connectivity index (χ4n) is 3.06. The van der Waals surface area contributed by atoms with Crippen LogP contribution in [0, 0.1) is 0 Å². The third-order valence-electron chi connectivity index (χ3n) is 4.58. The molecule has 146 valence electrons. The summed E-state index contributed by atoms with van der Waals surface area (Å²) in [6.07, 6.45) is 1.54. The lowest BCUT2D eigenvalue weighted by molar-refractivity contribution is 0.187. The maximum atomic E-state index is 13.3. The highest BCUT2D eigenvalue weighted by Gasteiger charge is 2.22. The summed E-state index contributed by atoms with van der Waals surface area (Å²) in [5, 5.41) is 13.7. The van der Waals surface area contributed by atoms with Crippen molar-refractivity contribution in [3.63, 3.8) is 0 Å². The van der Waals surface area contributed by atoms with Gasteiger partial charge in [0.25, 0.3) is 11.4 Å². The predicted molar refractivity (Wildman–Crippen MR) is 103 cm³/mol. The van der Waals surface area contributed by atoms with E-state index in [-0.39, 0.29) is 29.7 Å². The fraction of sp³-hybridized carbons (Fsp3) is 0.333. The molecule has 9 nitrogen and oxygen atoms in total. The second kappa shape index (κ2) is 7.34. The van der Waals surface area contributed by atoms with E-state index < -0.39 is 0 Å². The lowest BCUT2D eigenvalue weighted by Gasteiger charge is -2.12. The second-order valence-corrected chi connectivity index (χ2v) is 6.87. The molecule has 0 aliphatic carbocycles. The van der Waals surface area contributed by atoms with Crippen LogP contribution in [0.15, 0.2) is 33.8 Å². The highest BCUT2D eigenvalue weighted by atomic mass is 35.5. The van der Waals surface area contributed by atoms with E-state index in [1.807, 2.05) is 6.07 Å². The third kappa shape index (κ3) is 2.97. The SMILES string of the molecule is COCCn1c(=O)c2c(-c3nc(C(C)CO)no3)ncn2c2ccc(Cl)cc21. The number of halogens is 1. The van der Waals surface area contributed by atoms with Crippen LogP contribution < -0.4 is 5.56 Å². The molecule has 4 rings (SSSR count). The number of fused-ring (bicyclic) bond motifs is 3. The van der Waals surface area contributed by atoms with E-state index in [9.17, 15) is 9.90 Å². The summed E-state index contributed by atoms with van der Waals surface area (Å²) in [5.41, 5.74) is 1.77. The molecule has 1 unspecified atom stereocenters. The van der Waals surface area contributed by atoms with Crippen LogP contribution in [0.4, 0.5) is 0 Å². The van der Waals surface area contributed by atoms with Crippen LogP contribution in [-0.4, -0.2) is 49.5 Å². The van der Waals surface area contributed by atoms with Gasteiger partial charge in [-0.1, -0.05) is 23.7 Å². The van der Waals surface area contributed by atoms with Gasteiger partial charge in [-0.05, 0) is 18.2 Å². The van der Waals surface area contributed by atoms with Crippen molar-refractivity contribution in [2.75, 3.05) is 20.3 Å². The Hall–Kier alpha value is -2.75. The first kappa shape index (κ1) is 18.6. The third-order valence-corrected chi connectivity index (χ3v) is 4.82. The highest BCUT2D eigenvalue weighted by molar-refractivity contribution is 6.31. The Morgan fingerprint density at radius 2 is 2.18 bits per heavy atom. The van der Waals surface area contributed by atoms with E-state index in [0.717, 1.165) is 5.52 Å². The number of aromatic nitrogens is 5. The molecule has 0 saturated heterocycles. The van der Waals surface area contributed by atoms with Gasteiger partial charge < -0.3 is 18.9 Å². The van der Waals surface area contributed by atoms with Crippen molar-refractivity contribution in [1.82, 2.24) is 24.1 Å². The van der Waals surface area contributed by atoms with Gasteiger partial charge in [0.15, 0.2) is 11.5 Å². The van der Waals surface area contributed by atoms with Gasteiger partial charge in [0.2, 0.25) is 0 Å². The lowest BCUT2D eigenvalue weighted by Crippen LogP contribution is -2.25. The molecule has 1 N–H and O–H groups in total. The monoisotopic (exact) mass is 403 g/mol. The average molecular weight is 404 g/mol. The van der Waals surface area contributed by atoms with Gasteiger partial charge >= 0.3 is 0 Å². The van der Waals surface area contributed by atoms with Crippen molar-refractivity contribution in [3.05, 3.63) is 45.7 Å². The number of hydrogen-bond donors (Lipinski definition) is 1. The van der Waals surface area contributed by atoms with E-state index in [1.165, 1.54) is 0 Å². The van der Waals surface area contributed by atoms with E-state index in [1.54, 1.807) is 41.5 Å². The number of aliphatic hydroxyl groups is 1. The molecule has 0 amide bonds. The van der Waals surface area contributed by atoms with Crippen LogP contribution in [0.1, 0.15) is 18.7 Å².